The van der Waals surface area contributed by atoms with E-state index in [0.717, 1.165) is 5.56 Å². The van der Waals surface area contributed by atoms with E-state index in [-0.39, 0.29) is 38.4 Å². The van der Waals surface area contributed by atoms with E-state index in [1.165, 1.54) is 11.1 Å². The van der Waals surface area contributed by atoms with Gasteiger partial charge in [0.15, 0.2) is 0 Å². The number of ether oxygens (including phenoxy) is 1. The molecule has 1 saturated heterocycles. The Balaban J connectivity index is 1.40. The molecule has 0 aliphatic carbocycles. The number of nitrogens with zero attached hydrogens (tertiary/aromatic N) is 2. The Labute approximate surface area is 218 Å². The van der Waals surface area contributed by atoms with E-state index in [0.29, 0.717) is 33.4 Å². The topological polar surface area (TPSA) is 84.7 Å². The van der Waals surface area contributed by atoms with Gasteiger partial charge in [0, 0.05) is 43.3 Å². The number of rotatable bonds is 5. The molecule has 2 aromatic heterocycles. The first-order chi connectivity index (χ1) is 17.4. The number of alkyl halides is 2. The number of nitrogens with one attached hydrogen (secondary N) is 1. The van der Waals surface area contributed by atoms with Gasteiger partial charge in [0.05, 0.1) is 22.8 Å². The minimum atomic E-state index is -2.71. The molecule has 37 heavy (non-hydrogen) atoms. The van der Waals surface area contributed by atoms with Crippen LogP contribution in [0.5, 0.6) is 0 Å². The van der Waals surface area contributed by atoms with Crippen molar-refractivity contribution in [3.05, 3.63) is 65.0 Å². The fraction of sp³-hybridized carbons (Fsp3) is 0.370. The van der Waals surface area contributed by atoms with Gasteiger partial charge in [-0.15, -0.1) is 0 Å². The molecule has 0 bridgehead atoms. The number of amides is 2. The molecule has 3 aromatic rings. The summed E-state index contributed by atoms with van der Waals surface area (Å²) in [5.41, 5.74) is 1.77. The van der Waals surface area contributed by atoms with Crippen LogP contribution in [0.3, 0.4) is 0 Å². The average molecular weight is 532 g/mol. The largest absolute Gasteiger partial charge is 0.459 e. The van der Waals surface area contributed by atoms with Crippen LogP contribution in [0, 0.1) is 0 Å². The number of aromatic nitrogens is 1. The van der Waals surface area contributed by atoms with Gasteiger partial charge in [0.2, 0.25) is 0 Å². The number of pyridine rings is 1. The van der Waals surface area contributed by atoms with Gasteiger partial charge in [0.25, 0.3) is 11.8 Å². The van der Waals surface area contributed by atoms with Gasteiger partial charge < -0.3 is 19.4 Å². The molecule has 1 aromatic carbocycles. The number of piperidine rings is 1. The number of carbonyl (C=O) groups excluding carboxylic acids is 2. The highest BCUT2D eigenvalue weighted by molar-refractivity contribution is 6.33. The predicted octanol–water partition coefficient (Wildman–Crippen LogP) is 6.56. The molecule has 3 heterocycles. The van der Waals surface area contributed by atoms with Crippen LogP contribution in [0.1, 0.15) is 49.7 Å². The summed E-state index contributed by atoms with van der Waals surface area (Å²) in [6, 6.07) is 12.2. The van der Waals surface area contributed by atoms with E-state index in [4.69, 9.17) is 20.8 Å². The number of hydrogen-bond acceptors (Lipinski definition) is 5. The maximum atomic E-state index is 13.4. The lowest BCUT2D eigenvalue weighted by Crippen LogP contribution is -2.42. The third-order valence-electron chi connectivity index (χ3n) is 5.79. The number of halogens is 3. The Morgan fingerprint density at radius 3 is 2.49 bits per heavy atom. The fourth-order valence-electron chi connectivity index (χ4n) is 3.88. The van der Waals surface area contributed by atoms with E-state index >= 15 is 0 Å². The molecule has 0 unspecified atom stereocenters. The van der Waals surface area contributed by atoms with Gasteiger partial charge in [-0.3, -0.25) is 9.78 Å². The van der Waals surface area contributed by atoms with Gasteiger partial charge >= 0.3 is 6.09 Å². The molecule has 4 rings (SSSR count). The maximum Gasteiger partial charge on any atom is 0.408 e. The van der Waals surface area contributed by atoms with E-state index in [1.807, 2.05) is 6.07 Å². The van der Waals surface area contributed by atoms with Crippen molar-refractivity contribution in [1.82, 2.24) is 15.2 Å². The molecule has 1 N–H and O–H groups in total. The molecule has 1 fully saturated rings. The third-order valence-corrected chi connectivity index (χ3v) is 6.10. The molecular formula is C27H28ClF2N3O4. The van der Waals surface area contributed by atoms with Gasteiger partial charge in [-0.2, -0.15) is 0 Å². The van der Waals surface area contributed by atoms with E-state index < -0.39 is 17.6 Å². The number of furan rings is 1. The van der Waals surface area contributed by atoms with E-state index in [1.54, 1.807) is 57.2 Å². The van der Waals surface area contributed by atoms with Gasteiger partial charge in [0.1, 0.15) is 17.1 Å². The monoisotopic (exact) mass is 531 g/mol. The normalized spacial score (nSPS) is 15.4. The zero-order valence-electron chi connectivity index (χ0n) is 20.8. The van der Waals surface area contributed by atoms with Crippen molar-refractivity contribution in [3.8, 4) is 22.6 Å². The molecule has 0 saturated carbocycles. The molecule has 1 aliphatic rings. The Hall–Kier alpha value is -3.46. The van der Waals surface area contributed by atoms with Crippen LogP contribution in [0.4, 0.5) is 13.6 Å². The van der Waals surface area contributed by atoms with Crippen molar-refractivity contribution in [2.24, 2.45) is 0 Å². The molecule has 196 valence electrons. The summed E-state index contributed by atoms with van der Waals surface area (Å²) in [6.45, 7) is 5.57. The quantitative estimate of drug-likeness (QED) is 0.403. The van der Waals surface area contributed by atoms with Crippen LogP contribution in [0.15, 0.2) is 53.1 Å². The Morgan fingerprint density at radius 1 is 1.14 bits per heavy atom. The lowest BCUT2D eigenvalue weighted by Gasteiger charge is -2.31. The summed E-state index contributed by atoms with van der Waals surface area (Å²) in [4.78, 5) is 30.3. The van der Waals surface area contributed by atoms with Crippen molar-refractivity contribution in [2.45, 2.75) is 51.7 Å². The number of hydrogen-bond donors (Lipinski definition) is 1. The zero-order chi connectivity index (χ0) is 26.8. The average Bonchev–Trinajstić information content (AvgIpc) is 3.30. The standard InChI is InChI=1S/C27H28ClF2N3O4/c1-26(2,3)37-25(35)32-16-19-6-9-23(36-19)20-7-4-17(14-21(20)28)22-8-5-18(15-31-22)24(34)33-12-10-27(29,30)11-13-33/h4-9,14-15H,10-13,16H2,1-3H3,(H,32,35). The highest BCUT2D eigenvalue weighted by atomic mass is 35.5. The number of carbonyl (C=O) groups is 2. The second-order valence-corrected chi connectivity index (χ2v) is 10.3. The van der Waals surface area contributed by atoms with Gasteiger partial charge in [-0.05, 0) is 57.2 Å². The molecule has 0 radical (unpaired) electrons. The minimum absolute atomic E-state index is 0.0240. The van der Waals surface area contributed by atoms with E-state index in [9.17, 15) is 18.4 Å². The summed E-state index contributed by atoms with van der Waals surface area (Å²) < 4.78 is 37.8. The SMILES string of the molecule is CC(C)(C)OC(=O)NCc1ccc(-c2ccc(-c3ccc(C(=O)N4CCC(F)(F)CC4)cn3)cc2Cl)o1. The van der Waals surface area contributed by atoms with Crippen molar-refractivity contribution >= 4 is 23.6 Å². The molecule has 0 atom stereocenters. The summed E-state index contributed by atoms with van der Waals surface area (Å²) in [6.07, 6.45) is 0.257. The van der Waals surface area contributed by atoms with Crippen molar-refractivity contribution in [1.29, 1.82) is 0 Å². The Morgan fingerprint density at radius 2 is 1.86 bits per heavy atom. The lowest BCUT2D eigenvalue weighted by atomic mass is 10.0. The molecule has 7 nitrogen and oxygen atoms in total. The van der Waals surface area contributed by atoms with Gasteiger partial charge in [-0.1, -0.05) is 17.7 Å². The summed E-state index contributed by atoms with van der Waals surface area (Å²) in [5.74, 6) is -1.94. The highest BCUT2D eigenvalue weighted by Crippen LogP contribution is 2.33. The smallest absolute Gasteiger partial charge is 0.408 e. The second kappa shape index (κ2) is 10.5. The van der Waals surface area contributed by atoms with Crippen LogP contribution in [0.2, 0.25) is 5.02 Å². The van der Waals surface area contributed by atoms with Crippen molar-refractivity contribution in [2.75, 3.05) is 13.1 Å². The Bertz CT molecular complexity index is 1280. The summed E-state index contributed by atoms with van der Waals surface area (Å²) in [7, 11) is 0. The molecule has 1 aliphatic heterocycles. The van der Waals surface area contributed by atoms with Crippen LogP contribution in [0.25, 0.3) is 22.6 Å². The minimum Gasteiger partial charge on any atom is -0.459 e. The predicted molar refractivity (Wildman–Crippen MR) is 136 cm³/mol. The van der Waals surface area contributed by atoms with Crippen molar-refractivity contribution in [3.63, 3.8) is 0 Å². The van der Waals surface area contributed by atoms with Crippen LogP contribution < -0.4 is 5.32 Å². The second-order valence-electron chi connectivity index (χ2n) is 9.90. The van der Waals surface area contributed by atoms with Crippen LogP contribution in [-0.4, -0.2) is 46.5 Å². The van der Waals surface area contributed by atoms with Crippen LogP contribution >= 0.6 is 11.6 Å². The first-order valence-electron chi connectivity index (χ1n) is 11.9. The molecule has 0 spiro atoms. The van der Waals surface area contributed by atoms with Crippen molar-refractivity contribution < 1.29 is 27.5 Å². The first-order valence-corrected chi connectivity index (χ1v) is 12.3. The summed E-state index contributed by atoms with van der Waals surface area (Å²) >= 11 is 6.53. The fourth-order valence-corrected chi connectivity index (χ4v) is 4.15. The molecular weight excluding hydrogens is 504 g/mol. The van der Waals surface area contributed by atoms with Gasteiger partial charge in [-0.25, -0.2) is 13.6 Å². The maximum absolute atomic E-state index is 13.4. The lowest BCUT2D eigenvalue weighted by molar-refractivity contribution is -0.0494. The zero-order valence-corrected chi connectivity index (χ0v) is 21.6. The number of benzene rings is 1. The van der Waals surface area contributed by atoms with Crippen LogP contribution in [-0.2, 0) is 11.3 Å². The molecule has 2 amide bonds. The third kappa shape index (κ3) is 6.85. The molecule has 10 heteroatoms. The summed E-state index contributed by atoms with van der Waals surface area (Å²) in [5, 5.41) is 3.09. The number of alkyl carbamates (subject to hydrolysis) is 1. The highest BCUT2D eigenvalue weighted by Gasteiger charge is 2.35. The number of likely N-dealkylation sites (tertiary alicyclic amines) is 1. The van der Waals surface area contributed by atoms with E-state index in [2.05, 4.69) is 10.3 Å². The first kappa shape index (κ1) is 26.6. The Kier molecular flexibility index (Phi) is 7.54.